The number of benzene rings is 1. The normalized spacial score (nSPS) is 11.1. The highest BCUT2D eigenvalue weighted by atomic mass is 19.4. The highest BCUT2D eigenvalue weighted by molar-refractivity contribution is 5.70. The Labute approximate surface area is 113 Å². The number of nitrogen functional groups attached to an aromatic ring is 1. The summed E-state index contributed by atoms with van der Waals surface area (Å²) in [7, 11) is 0. The molecule has 1 heterocycles. The minimum absolute atomic E-state index is 0.272. The quantitative estimate of drug-likeness (QED) is 0.880. The van der Waals surface area contributed by atoms with Gasteiger partial charge in [-0.25, -0.2) is 4.98 Å². The molecule has 2 N–H and O–H groups in total. The Hall–Kier alpha value is -2.62. The Morgan fingerprint density at radius 1 is 1.30 bits per heavy atom. The van der Waals surface area contributed by atoms with Gasteiger partial charge in [0.15, 0.2) is 0 Å². The number of nitrogens with zero attached hydrogens (tertiary/aromatic N) is 2. The zero-order valence-electron chi connectivity index (χ0n) is 10.2. The highest BCUT2D eigenvalue weighted by Crippen LogP contribution is 2.28. The number of hydrogen-bond donors (Lipinski definition) is 1. The predicted molar refractivity (Wildman–Crippen MR) is 67.6 cm³/mol. The third-order valence-electron chi connectivity index (χ3n) is 2.50. The SMILES string of the molecule is C#CCn1cnc(-c2ccc(OC(F)(F)F)cc2)c1N. The molecule has 2 rings (SSSR count). The zero-order valence-corrected chi connectivity index (χ0v) is 10.2. The van der Waals surface area contributed by atoms with Gasteiger partial charge < -0.3 is 15.0 Å². The molecule has 0 spiro atoms. The summed E-state index contributed by atoms with van der Waals surface area (Å²) < 4.78 is 41.5. The second kappa shape index (κ2) is 5.17. The first-order valence-corrected chi connectivity index (χ1v) is 5.51. The highest BCUT2D eigenvalue weighted by Gasteiger charge is 2.31. The van der Waals surface area contributed by atoms with Gasteiger partial charge in [-0.15, -0.1) is 19.6 Å². The predicted octanol–water partition coefficient (Wildman–Crippen LogP) is 2.66. The summed E-state index contributed by atoms with van der Waals surface area (Å²) in [6, 6.07) is 5.28. The average molecular weight is 281 g/mol. The average Bonchev–Trinajstić information content (AvgIpc) is 2.71. The lowest BCUT2D eigenvalue weighted by Gasteiger charge is -2.09. The van der Waals surface area contributed by atoms with Crippen LogP contribution in [-0.2, 0) is 6.54 Å². The van der Waals surface area contributed by atoms with Gasteiger partial charge in [0.05, 0.1) is 12.9 Å². The van der Waals surface area contributed by atoms with Crippen LogP contribution in [0.2, 0.25) is 0 Å². The molecule has 0 aliphatic rings. The summed E-state index contributed by atoms with van der Waals surface area (Å²) in [4.78, 5) is 4.09. The third kappa shape index (κ3) is 3.03. The molecule has 1 aromatic carbocycles. The fourth-order valence-corrected chi connectivity index (χ4v) is 1.65. The summed E-state index contributed by atoms with van der Waals surface area (Å²) in [6.45, 7) is 0.272. The van der Waals surface area contributed by atoms with Crippen molar-refractivity contribution >= 4 is 5.82 Å². The molecular weight excluding hydrogens is 271 g/mol. The standard InChI is InChI=1S/C13H10F3N3O/c1-2-7-19-8-18-11(12(19)17)9-3-5-10(6-4-9)20-13(14,15)16/h1,3-6,8H,7,17H2. The van der Waals surface area contributed by atoms with E-state index in [0.29, 0.717) is 17.1 Å². The minimum atomic E-state index is -4.71. The lowest BCUT2D eigenvalue weighted by molar-refractivity contribution is -0.274. The number of terminal acetylenes is 1. The Kier molecular flexibility index (Phi) is 3.57. The summed E-state index contributed by atoms with van der Waals surface area (Å²) in [6.07, 6.45) is 1.94. The molecule has 104 valence electrons. The summed E-state index contributed by atoms with van der Waals surface area (Å²) in [5.74, 6) is 2.47. The maximum Gasteiger partial charge on any atom is 0.573 e. The van der Waals surface area contributed by atoms with Crippen molar-refractivity contribution in [2.45, 2.75) is 12.9 Å². The first-order chi connectivity index (χ1) is 9.40. The number of ether oxygens (including phenoxy) is 1. The van der Waals surface area contributed by atoms with E-state index in [0.717, 1.165) is 0 Å². The number of nitrogens with two attached hydrogens (primary N) is 1. The van der Waals surface area contributed by atoms with Crippen molar-refractivity contribution in [2.75, 3.05) is 5.73 Å². The molecule has 0 aliphatic heterocycles. The second-order valence-electron chi connectivity index (χ2n) is 3.88. The van der Waals surface area contributed by atoms with Gasteiger partial charge in [-0.05, 0) is 24.3 Å². The van der Waals surface area contributed by atoms with Gasteiger partial charge in [-0.2, -0.15) is 0 Å². The van der Waals surface area contributed by atoms with Gasteiger partial charge in [0, 0.05) is 5.56 Å². The smallest absolute Gasteiger partial charge is 0.406 e. The minimum Gasteiger partial charge on any atom is -0.406 e. The largest absolute Gasteiger partial charge is 0.573 e. The van der Waals surface area contributed by atoms with Crippen LogP contribution in [0.5, 0.6) is 5.75 Å². The van der Waals surface area contributed by atoms with Crippen molar-refractivity contribution < 1.29 is 17.9 Å². The van der Waals surface area contributed by atoms with Crippen molar-refractivity contribution in [3.05, 3.63) is 30.6 Å². The Balaban J connectivity index is 2.24. The van der Waals surface area contributed by atoms with Gasteiger partial charge in [0.1, 0.15) is 17.3 Å². The van der Waals surface area contributed by atoms with Gasteiger partial charge in [-0.3, -0.25) is 0 Å². The lowest BCUT2D eigenvalue weighted by atomic mass is 10.1. The maximum atomic E-state index is 12.0. The monoisotopic (exact) mass is 281 g/mol. The molecular formula is C13H10F3N3O. The number of anilines is 1. The van der Waals surface area contributed by atoms with E-state index in [2.05, 4.69) is 15.6 Å². The van der Waals surface area contributed by atoms with Crippen LogP contribution in [0, 0.1) is 12.3 Å². The van der Waals surface area contributed by atoms with Crippen LogP contribution in [0.3, 0.4) is 0 Å². The topological polar surface area (TPSA) is 53.1 Å². The second-order valence-corrected chi connectivity index (χ2v) is 3.88. The molecule has 2 aromatic rings. The molecule has 0 saturated carbocycles. The Morgan fingerprint density at radius 3 is 2.50 bits per heavy atom. The molecule has 0 saturated heterocycles. The van der Waals surface area contributed by atoms with E-state index in [9.17, 15) is 13.2 Å². The number of rotatable bonds is 3. The van der Waals surface area contributed by atoms with Crippen LogP contribution < -0.4 is 10.5 Å². The maximum absolute atomic E-state index is 12.0. The lowest BCUT2D eigenvalue weighted by Crippen LogP contribution is -2.16. The van der Waals surface area contributed by atoms with Crippen LogP contribution in [0.15, 0.2) is 30.6 Å². The zero-order chi connectivity index (χ0) is 14.8. The van der Waals surface area contributed by atoms with Crippen LogP contribution >= 0.6 is 0 Å². The Morgan fingerprint density at radius 2 is 1.95 bits per heavy atom. The molecule has 4 nitrogen and oxygen atoms in total. The molecule has 7 heteroatoms. The molecule has 0 atom stereocenters. The van der Waals surface area contributed by atoms with E-state index in [1.54, 1.807) is 4.57 Å². The number of imidazole rings is 1. The van der Waals surface area contributed by atoms with Crippen molar-refractivity contribution in [3.8, 4) is 29.4 Å². The molecule has 0 unspecified atom stereocenters. The summed E-state index contributed by atoms with van der Waals surface area (Å²) in [5, 5.41) is 0. The fraction of sp³-hybridized carbons (Fsp3) is 0.154. The van der Waals surface area contributed by atoms with Crippen molar-refractivity contribution in [3.63, 3.8) is 0 Å². The first-order valence-electron chi connectivity index (χ1n) is 5.51. The summed E-state index contributed by atoms with van der Waals surface area (Å²) in [5.41, 5.74) is 6.89. The molecule has 0 amide bonds. The number of aromatic nitrogens is 2. The van der Waals surface area contributed by atoms with E-state index in [1.165, 1.54) is 30.6 Å². The first kappa shape index (κ1) is 13.8. The van der Waals surface area contributed by atoms with Gasteiger partial charge in [-0.1, -0.05) is 5.92 Å². The fourth-order valence-electron chi connectivity index (χ4n) is 1.65. The molecule has 0 bridgehead atoms. The van der Waals surface area contributed by atoms with Crippen LogP contribution in [0.4, 0.5) is 19.0 Å². The number of halogens is 3. The van der Waals surface area contributed by atoms with E-state index >= 15 is 0 Å². The van der Waals surface area contributed by atoms with Crippen LogP contribution in [-0.4, -0.2) is 15.9 Å². The number of alkyl halides is 3. The summed E-state index contributed by atoms with van der Waals surface area (Å²) >= 11 is 0. The van der Waals surface area contributed by atoms with Crippen LogP contribution in [0.25, 0.3) is 11.3 Å². The van der Waals surface area contributed by atoms with Crippen molar-refractivity contribution in [2.24, 2.45) is 0 Å². The Bertz CT molecular complexity index is 638. The number of hydrogen-bond acceptors (Lipinski definition) is 3. The van der Waals surface area contributed by atoms with Gasteiger partial charge >= 0.3 is 6.36 Å². The van der Waals surface area contributed by atoms with E-state index in [4.69, 9.17) is 12.2 Å². The third-order valence-corrected chi connectivity index (χ3v) is 2.50. The molecule has 0 aliphatic carbocycles. The van der Waals surface area contributed by atoms with E-state index in [-0.39, 0.29) is 12.3 Å². The molecule has 0 fully saturated rings. The molecule has 20 heavy (non-hydrogen) atoms. The van der Waals surface area contributed by atoms with Gasteiger partial charge in [0.25, 0.3) is 0 Å². The van der Waals surface area contributed by atoms with E-state index < -0.39 is 6.36 Å². The van der Waals surface area contributed by atoms with Crippen molar-refractivity contribution in [1.82, 2.24) is 9.55 Å². The molecule has 0 radical (unpaired) electrons. The van der Waals surface area contributed by atoms with Crippen molar-refractivity contribution in [1.29, 1.82) is 0 Å². The van der Waals surface area contributed by atoms with Gasteiger partial charge in [0.2, 0.25) is 0 Å². The van der Waals surface area contributed by atoms with E-state index in [1.807, 2.05) is 0 Å². The van der Waals surface area contributed by atoms with Crippen LogP contribution in [0.1, 0.15) is 0 Å². The molecule has 1 aromatic heterocycles.